The number of hydrogen-bond donors (Lipinski definition) is 3. The van der Waals surface area contributed by atoms with Gasteiger partial charge in [0.2, 0.25) is 0 Å². The van der Waals surface area contributed by atoms with E-state index in [4.69, 9.17) is 5.73 Å². The minimum Gasteiger partial charge on any atom is -0.389 e. The highest BCUT2D eigenvalue weighted by molar-refractivity contribution is 5.41. The Bertz CT molecular complexity index is 588. The molecule has 0 aromatic heterocycles. The zero-order valence-corrected chi connectivity index (χ0v) is 14.0. The van der Waals surface area contributed by atoms with Crippen molar-refractivity contribution in [1.29, 1.82) is 0 Å². The van der Waals surface area contributed by atoms with Crippen molar-refractivity contribution >= 4 is 0 Å². The predicted octanol–water partition coefficient (Wildman–Crippen LogP) is 2.48. The highest BCUT2D eigenvalue weighted by Gasteiger charge is 2.58. The van der Waals surface area contributed by atoms with Gasteiger partial charge < -0.3 is 15.9 Å². The average molecular weight is 321 g/mol. The second kappa shape index (κ2) is 4.90. The Morgan fingerprint density at radius 1 is 1.22 bits per heavy atom. The molecule has 0 unspecified atom stereocenters. The molecule has 4 N–H and O–H groups in total. The molecule has 0 aliphatic heterocycles. The number of alkyl halides is 1. The zero-order valence-electron chi connectivity index (χ0n) is 14.0. The van der Waals surface area contributed by atoms with Crippen LogP contribution in [0.2, 0.25) is 0 Å². The second-order valence-corrected chi connectivity index (χ2v) is 8.66. The summed E-state index contributed by atoms with van der Waals surface area (Å²) in [7, 11) is 0. The van der Waals surface area contributed by atoms with Gasteiger partial charge in [-0.25, -0.2) is 4.39 Å². The second-order valence-electron chi connectivity index (χ2n) is 8.66. The maximum absolute atomic E-state index is 14.4. The van der Waals surface area contributed by atoms with E-state index in [2.05, 4.69) is 19.9 Å². The standard InChI is InChI=1S/C19H28FNO2/c1-18-5-3-11(22)7-10(18)8-15(23)16-12(18)4-6-19(2)13(16)9-14(20)17(19)21/h3,5,10-11,13-15,17,22-23H,4,6-9,21H2,1-2H3/t10-,11-,13-,14+,15-,17-,18-,19-/m0/s1. The van der Waals surface area contributed by atoms with Gasteiger partial charge in [0.05, 0.1) is 12.2 Å². The van der Waals surface area contributed by atoms with Gasteiger partial charge in [-0.15, -0.1) is 0 Å². The fourth-order valence-electron chi connectivity index (χ4n) is 6.02. The molecule has 4 heteroatoms. The Labute approximate surface area is 137 Å². The molecule has 4 aliphatic rings. The van der Waals surface area contributed by atoms with E-state index in [-0.39, 0.29) is 22.7 Å². The quantitative estimate of drug-likeness (QED) is 0.601. The van der Waals surface area contributed by atoms with E-state index >= 15 is 0 Å². The van der Waals surface area contributed by atoms with Crippen LogP contribution in [0, 0.1) is 22.7 Å². The van der Waals surface area contributed by atoms with Crippen LogP contribution in [-0.4, -0.2) is 34.6 Å². The molecule has 23 heavy (non-hydrogen) atoms. The molecule has 4 aliphatic carbocycles. The fraction of sp³-hybridized carbons (Fsp3) is 0.789. The number of allylic oxidation sites excluding steroid dienone is 2. The number of aliphatic hydroxyl groups excluding tert-OH is 2. The van der Waals surface area contributed by atoms with Gasteiger partial charge in [-0.05, 0) is 54.9 Å². The average Bonchev–Trinajstić information content (AvgIpc) is 2.73. The SMILES string of the molecule is C[C@]12CCC3=C([C@@H](O)C[C@@H]4C[C@@H](O)C=C[C@]34C)[C@@H]1C[C@@H](F)[C@@H]2N. The lowest BCUT2D eigenvalue weighted by Crippen LogP contribution is -2.50. The topological polar surface area (TPSA) is 66.5 Å². The molecule has 0 aromatic carbocycles. The van der Waals surface area contributed by atoms with E-state index in [1.165, 1.54) is 5.57 Å². The molecule has 0 aromatic rings. The first kappa shape index (κ1) is 15.8. The summed E-state index contributed by atoms with van der Waals surface area (Å²) in [6, 6.07) is -0.428. The highest BCUT2D eigenvalue weighted by Crippen LogP contribution is 2.62. The summed E-state index contributed by atoms with van der Waals surface area (Å²) in [4.78, 5) is 0. The molecule has 0 heterocycles. The molecule has 3 nitrogen and oxygen atoms in total. The Balaban J connectivity index is 1.83. The Morgan fingerprint density at radius 2 is 1.96 bits per heavy atom. The van der Waals surface area contributed by atoms with Gasteiger partial charge >= 0.3 is 0 Å². The van der Waals surface area contributed by atoms with E-state index in [0.717, 1.165) is 18.4 Å². The lowest BCUT2D eigenvalue weighted by Gasteiger charge is -2.53. The van der Waals surface area contributed by atoms with Crippen LogP contribution in [0.25, 0.3) is 0 Å². The third-order valence-electron chi connectivity index (χ3n) is 7.60. The lowest BCUT2D eigenvalue weighted by atomic mass is 9.52. The molecule has 0 bridgehead atoms. The summed E-state index contributed by atoms with van der Waals surface area (Å²) in [6.45, 7) is 4.33. The van der Waals surface area contributed by atoms with Crippen LogP contribution < -0.4 is 5.73 Å². The lowest BCUT2D eigenvalue weighted by molar-refractivity contribution is 0.0455. The minimum absolute atomic E-state index is 0.0595. The van der Waals surface area contributed by atoms with E-state index in [1.807, 2.05) is 6.08 Å². The normalized spacial score (nSPS) is 55.4. The van der Waals surface area contributed by atoms with Crippen molar-refractivity contribution in [3.63, 3.8) is 0 Å². The van der Waals surface area contributed by atoms with Crippen LogP contribution in [0.15, 0.2) is 23.3 Å². The predicted molar refractivity (Wildman–Crippen MR) is 87.3 cm³/mol. The highest BCUT2D eigenvalue weighted by atomic mass is 19.1. The number of aliphatic hydroxyl groups is 2. The number of rotatable bonds is 0. The van der Waals surface area contributed by atoms with Crippen molar-refractivity contribution in [2.75, 3.05) is 0 Å². The van der Waals surface area contributed by atoms with Crippen molar-refractivity contribution in [2.45, 2.75) is 70.4 Å². The summed E-state index contributed by atoms with van der Waals surface area (Å²) in [5, 5.41) is 20.8. The van der Waals surface area contributed by atoms with Gasteiger partial charge in [-0.3, -0.25) is 0 Å². The monoisotopic (exact) mass is 321 g/mol. The molecule has 1 saturated carbocycles. The molecule has 0 saturated heterocycles. The molecular weight excluding hydrogens is 293 g/mol. The van der Waals surface area contributed by atoms with Crippen LogP contribution in [0.1, 0.15) is 46.0 Å². The van der Waals surface area contributed by atoms with Gasteiger partial charge in [-0.2, -0.15) is 0 Å². The smallest absolute Gasteiger partial charge is 0.116 e. The van der Waals surface area contributed by atoms with Crippen LogP contribution in [0.4, 0.5) is 4.39 Å². The van der Waals surface area contributed by atoms with E-state index in [0.29, 0.717) is 19.3 Å². The van der Waals surface area contributed by atoms with Gasteiger partial charge in [-0.1, -0.05) is 31.6 Å². The maximum Gasteiger partial charge on any atom is 0.116 e. The third-order valence-corrected chi connectivity index (χ3v) is 7.60. The Hall–Kier alpha value is -0.710. The van der Waals surface area contributed by atoms with Crippen LogP contribution in [0.5, 0.6) is 0 Å². The fourth-order valence-corrected chi connectivity index (χ4v) is 6.02. The largest absolute Gasteiger partial charge is 0.389 e. The van der Waals surface area contributed by atoms with Gasteiger partial charge in [0.1, 0.15) is 6.17 Å². The van der Waals surface area contributed by atoms with Crippen molar-refractivity contribution in [3.8, 4) is 0 Å². The first-order valence-electron chi connectivity index (χ1n) is 8.96. The van der Waals surface area contributed by atoms with Crippen molar-refractivity contribution in [2.24, 2.45) is 28.4 Å². The van der Waals surface area contributed by atoms with E-state index < -0.39 is 24.4 Å². The molecule has 0 spiro atoms. The summed E-state index contributed by atoms with van der Waals surface area (Å²) in [5.41, 5.74) is 8.23. The van der Waals surface area contributed by atoms with Gasteiger partial charge in [0.15, 0.2) is 0 Å². The summed E-state index contributed by atoms with van der Waals surface area (Å²) >= 11 is 0. The molecule has 4 rings (SSSR count). The molecule has 0 radical (unpaired) electrons. The molecular formula is C19H28FNO2. The number of halogens is 1. The minimum atomic E-state index is -0.974. The van der Waals surface area contributed by atoms with Gasteiger partial charge in [0.25, 0.3) is 0 Å². The Kier molecular flexibility index (Phi) is 3.37. The van der Waals surface area contributed by atoms with Crippen molar-refractivity contribution in [1.82, 2.24) is 0 Å². The zero-order chi connectivity index (χ0) is 16.6. The van der Waals surface area contributed by atoms with Gasteiger partial charge in [0, 0.05) is 11.5 Å². The van der Waals surface area contributed by atoms with Crippen LogP contribution in [0.3, 0.4) is 0 Å². The Morgan fingerprint density at radius 3 is 2.70 bits per heavy atom. The molecule has 1 fully saturated rings. The van der Waals surface area contributed by atoms with Crippen molar-refractivity contribution < 1.29 is 14.6 Å². The number of hydrogen-bond acceptors (Lipinski definition) is 3. The van der Waals surface area contributed by atoms with Crippen molar-refractivity contribution in [3.05, 3.63) is 23.3 Å². The van der Waals surface area contributed by atoms with Crippen LogP contribution >= 0.6 is 0 Å². The summed E-state index contributed by atoms with van der Waals surface area (Å²) in [6.07, 6.45) is 5.72. The first-order valence-corrected chi connectivity index (χ1v) is 8.96. The van der Waals surface area contributed by atoms with E-state index in [1.54, 1.807) is 0 Å². The van der Waals surface area contributed by atoms with Crippen LogP contribution in [-0.2, 0) is 0 Å². The van der Waals surface area contributed by atoms with E-state index in [9.17, 15) is 14.6 Å². The third kappa shape index (κ3) is 1.98. The maximum atomic E-state index is 14.4. The molecule has 8 atom stereocenters. The number of nitrogens with two attached hydrogens (primary N) is 1. The summed E-state index contributed by atoms with van der Waals surface area (Å²) in [5.74, 6) is 0.320. The first-order chi connectivity index (χ1) is 10.8. The summed E-state index contributed by atoms with van der Waals surface area (Å²) < 4.78 is 14.4. The molecule has 0 amide bonds. The number of fused-ring (bicyclic) bond motifs is 4. The molecule has 128 valence electrons.